The molecule has 1 saturated carbocycles. The number of tetrazole rings is 1. The summed E-state index contributed by atoms with van der Waals surface area (Å²) in [7, 11) is 0. The first-order valence-electron chi connectivity index (χ1n) is 6.63. The molecule has 1 atom stereocenters. The van der Waals surface area contributed by atoms with Gasteiger partial charge in [-0.2, -0.15) is 0 Å². The second kappa shape index (κ2) is 4.97. The Hall–Kier alpha value is -1.76. The van der Waals surface area contributed by atoms with Crippen LogP contribution in [0, 0.1) is 19.8 Å². The molecule has 0 aromatic carbocycles. The van der Waals surface area contributed by atoms with Crippen molar-refractivity contribution in [1.29, 1.82) is 0 Å². The number of carbonyl (C=O) groups is 1. The SMILES string of the molecule is Cc1cc(-c2nnnn2C(CC(=O)O)C2CC2)sc1C. The highest BCUT2D eigenvalue weighted by Crippen LogP contribution is 2.43. The number of hydrogen-bond acceptors (Lipinski definition) is 5. The second-order valence-electron chi connectivity index (χ2n) is 5.30. The summed E-state index contributed by atoms with van der Waals surface area (Å²) in [6.07, 6.45) is 2.19. The van der Waals surface area contributed by atoms with E-state index >= 15 is 0 Å². The van der Waals surface area contributed by atoms with Crippen LogP contribution in [-0.4, -0.2) is 31.3 Å². The summed E-state index contributed by atoms with van der Waals surface area (Å²) in [4.78, 5) is 13.3. The maximum Gasteiger partial charge on any atom is 0.305 e. The largest absolute Gasteiger partial charge is 0.481 e. The van der Waals surface area contributed by atoms with Crippen LogP contribution in [0.1, 0.15) is 35.7 Å². The van der Waals surface area contributed by atoms with Crippen molar-refractivity contribution in [2.24, 2.45) is 5.92 Å². The first-order valence-corrected chi connectivity index (χ1v) is 7.45. The van der Waals surface area contributed by atoms with Crippen molar-refractivity contribution in [2.75, 3.05) is 0 Å². The third-order valence-electron chi connectivity index (χ3n) is 3.74. The van der Waals surface area contributed by atoms with E-state index in [2.05, 4.69) is 35.4 Å². The molecule has 0 radical (unpaired) electrons. The van der Waals surface area contributed by atoms with Crippen LogP contribution in [0.3, 0.4) is 0 Å². The zero-order valence-corrected chi connectivity index (χ0v) is 12.2. The average molecular weight is 292 g/mol. The Balaban J connectivity index is 1.97. The molecular formula is C13H16N4O2S. The van der Waals surface area contributed by atoms with E-state index in [1.807, 2.05) is 0 Å². The van der Waals surface area contributed by atoms with Gasteiger partial charge < -0.3 is 5.11 Å². The van der Waals surface area contributed by atoms with E-state index in [-0.39, 0.29) is 12.5 Å². The molecule has 0 bridgehead atoms. The number of nitrogens with zero attached hydrogens (tertiary/aromatic N) is 4. The summed E-state index contributed by atoms with van der Waals surface area (Å²) >= 11 is 1.64. The Morgan fingerprint density at radius 3 is 2.85 bits per heavy atom. The van der Waals surface area contributed by atoms with Crippen LogP contribution in [0.5, 0.6) is 0 Å². The molecule has 1 aliphatic carbocycles. The van der Waals surface area contributed by atoms with Crippen molar-refractivity contribution in [3.8, 4) is 10.7 Å². The highest BCUT2D eigenvalue weighted by molar-refractivity contribution is 7.15. The van der Waals surface area contributed by atoms with Crippen molar-refractivity contribution in [3.63, 3.8) is 0 Å². The molecule has 0 saturated heterocycles. The first-order chi connectivity index (χ1) is 9.56. The predicted molar refractivity (Wildman–Crippen MR) is 74.6 cm³/mol. The van der Waals surface area contributed by atoms with Gasteiger partial charge in [-0.25, -0.2) is 4.68 Å². The Labute approximate surface area is 120 Å². The summed E-state index contributed by atoms with van der Waals surface area (Å²) in [6, 6.07) is 1.92. The molecule has 2 aromatic rings. The molecule has 0 amide bonds. The zero-order valence-electron chi connectivity index (χ0n) is 11.4. The number of rotatable bonds is 5. The summed E-state index contributed by atoms with van der Waals surface area (Å²) in [5.74, 6) is 0.266. The van der Waals surface area contributed by atoms with Gasteiger partial charge in [0, 0.05) is 4.88 Å². The molecule has 0 aliphatic heterocycles. The lowest BCUT2D eigenvalue weighted by Gasteiger charge is -2.15. The third kappa shape index (κ3) is 2.45. The van der Waals surface area contributed by atoms with Crippen LogP contribution in [0.15, 0.2) is 6.07 Å². The summed E-state index contributed by atoms with van der Waals surface area (Å²) < 4.78 is 1.70. The standard InChI is InChI=1S/C13H16N4O2S/c1-7-5-11(20-8(7)2)13-14-15-16-17(13)10(6-12(18)19)9-3-4-9/h5,9-10H,3-4,6H2,1-2H3,(H,18,19). The van der Waals surface area contributed by atoms with Gasteiger partial charge in [0.2, 0.25) is 0 Å². The fourth-order valence-electron chi connectivity index (χ4n) is 2.38. The van der Waals surface area contributed by atoms with Crippen LogP contribution in [0.25, 0.3) is 10.7 Å². The van der Waals surface area contributed by atoms with E-state index < -0.39 is 5.97 Å². The lowest BCUT2D eigenvalue weighted by molar-refractivity contribution is -0.138. The Bertz CT molecular complexity index is 625. The van der Waals surface area contributed by atoms with Crippen LogP contribution >= 0.6 is 11.3 Å². The van der Waals surface area contributed by atoms with Gasteiger partial charge in [-0.3, -0.25) is 4.79 Å². The Morgan fingerprint density at radius 2 is 2.30 bits per heavy atom. The lowest BCUT2D eigenvalue weighted by atomic mass is 10.1. The van der Waals surface area contributed by atoms with Gasteiger partial charge in [0.25, 0.3) is 0 Å². The fraction of sp³-hybridized carbons (Fsp3) is 0.538. The van der Waals surface area contributed by atoms with E-state index in [1.165, 1.54) is 10.4 Å². The van der Waals surface area contributed by atoms with Gasteiger partial charge in [-0.05, 0) is 54.7 Å². The van der Waals surface area contributed by atoms with E-state index in [9.17, 15) is 4.79 Å². The molecule has 1 fully saturated rings. The molecule has 1 unspecified atom stereocenters. The number of carboxylic acids is 1. The van der Waals surface area contributed by atoms with Crippen LogP contribution in [0.2, 0.25) is 0 Å². The molecule has 2 aromatic heterocycles. The molecule has 6 nitrogen and oxygen atoms in total. The number of aryl methyl sites for hydroxylation is 2. The molecule has 0 spiro atoms. The molecule has 106 valence electrons. The maximum atomic E-state index is 11.1. The van der Waals surface area contributed by atoms with Crippen molar-refractivity contribution in [1.82, 2.24) is 20.2 Å². The van der Waals surface area contributed by atoms with E-state index in [0.29, 0.717) is 11.7 Å². The van der Waals surface area contributed by atoms with Gasteiger partial charge in [-0.1, -0.05) is 0 Å². The first kappa shape index (κ1) is 13.2. The van der Waals surface area contributed by atoms with Crippen molar-refractivity contribution in [3.05, 3.63) is 16.5 Å². The van der Waals surface area contributed by atoms with Gasteiger partial charge in [0.15, 0.2) is 5.82 Å². The van der Waals surface area contributed by atoms with Gasteiger partial charge >= 0.3 is 5.97 Å². The van der Waals surface area contributed by atoms with Crippen molar-refractivity contribution in [2.45, 2.75) is 39.2 Å². The summed E-state index contributed by atoms with van der Waals surface area (Å²) in [5, 5.41) is 21.0. The number of carboxylic acid groups (broad SMARTS) is 1. The van der Waals surface area contributed by atoms with Crippen molar-refractivity contribution >= 4 is 17.3 Å². The van der Waals surface area contributed by atoms with Gasteiger partial charge in [0.05, 0.1) is 17.3 Å². The maximum absolute atomic E-state index is 11.1. The molecule has 1 N–H and O–H groups in total. The van der Waals surface area contributed by atoms with Crippen LogP contribution in [-0.2, 0) is 4.79 Å². The highest BCUT2D eigenvalue weighted by Gasteiger charge is 2.36. The summed E-state index contributed by atoms with van der Waals surface area (Å²) in [5.41, 5.74) is 1.21. The minimum absolute atomic E-state index is 0.0754. The smallest absolute Gasteiger partial charge is 0.305 e. The second-order valence-corrected chi connectivity index (χ2v) is 6.56. The highest BCUT2D eigenvalue weighted by atomic mass is 32.1. The Morgan fingerprint density at radius 1 is 1.55 bits per heavy atom. The van der Waals surface area contributed by atoms with Crippen LogP contribution in [0.4, 0.5) is 0 Å². The fourth-order valence-corrected chi connectivity index (χ4v) is 3.39. The minimum atomic E-state index is -0.804. The predicted octanol–water partition coefficient (Wildman–Crippen LogP) is 2.44. The van der Waals surface area contributed by atoms with Gasteiger partial charge in [-0.15, -0.1) is 16.4 Å². The number of hydrogen-bond donors (Lipinski definition) is 1. The molecule has 20 heavy (non-hydrogen) atoms. The average Bonchev–Trinajstić information content (AvgIpc) is 3.01. The zero-order chi connectivity index (χ0) is 14.3. The quantitative estimate of drug-likeness (QED) is 0.915. The van der Waals surface area contributed by atoms with E-state index in [0.717, 1.165) is 17.7 Å². The molecule has 2 heterocycles. The molecule has 1 aliphatic rings. The topological polar surface area (TPSA) is 80.9 Å². The molecule has 3 rings (SSSR count). The third-order valence-corrected chi connectivity index (χ3v) is 4.89. The van der Waals surface area contributed by atoms with E-state index in [4.69, 9.17) is 5.11 Å². The minimum Gasteiger partial charge on any atom is -0.481 e. The van der Waals surface area contributed by atoms with Gasteiger partial charge in [0.1, 0.15) is 0 Å². The lowest BCUT2D eigenvalue weighted by Crippen LogP contribution is -2.18. The normalized spacial score (nSPS) is 16.3. The molecular weight excluding hydrogens is 276 g/mol. The Kier molecular flexibility index (Phi) is 3.29. The number of aliphatic carboxylic acids is 1. The van der Waals surface area contributed by atoms with Crippen molar-refractivity contribution < 1.29 is 9.90 Å². The number of aromatic nitrogens is 4. The van der Waals surface area contributed by atoms with E-state index in [1.54, 1.807) is 16.0 Å². The van der Waals surface area contributed by atoms with Crippen LogP contribution < -0.4 is 0 Å². The molecule has 7 heteroatoms. The monoisotopic (exact) mass is 292 g/mol. The summed E-state index contributed by atoms with van der Waals surface area (Å²) in [6.45, 7) is 4.12. The number of thiophene rings is 1.